The van der Waals surface area contributed by atoms with Crippen LogP contribution in [0.1, 0.15) is 31.3 Å². The molecule has 0 bridgehead atoms. The number of fused-ring (bicyclic) bond motifs is 4. The predicted octanol–water partition coefficient (Wildman–Crippen LogP) is -3.44. The molecule has 4 aliphatic rings. The lowest BCUT2D eigenvalue weighted by atomic mass is 10.1. The number of hydrogen-bond acceptors (Lipinski definition) is 35. The van der Waals surface area contributed by atoms with E-state index in [0.717, 1.165) is 53.4 Å². The van der Waals surface area contributed by atoms with Crippen molar-refractivity contribution in [2.24, 2.45) is 0 Å². The number of H-pyrrole nitrogens is 1. The maximum Gasteiger partial charge on any atom is 0.694 e. The molecular formula is C40H49N20O24P4+. The van der Waals surface area contributed by atoms with Gasteiger partial charge in [0.15, 0.2) is 70.5 Å². The number of phosphoric ester groups is 3. The molecule has 44 nitrogen and oxygen atoms in total. The summed E-state index contributed by atoms with van der Waals surface area (Å²) in [6.45, 7) is -3.89. The third kappa shape index (κ3) is 12.0. The Morgan fingerprint density at radius 2 is 0.909 bits per heavy atom. The number of aliphatic hydroxyl groups excluding tert-OH is 4. The van der Waals surface area contributed by atoms with E-state index in [1.165, 1.54) is 9.13 Å². The lowest BCUT2D eigenvalue weighted by Gasteiger charge is -2.26. The average molecular weight is 1320 g/mol. The van der Waals surface area contributed by atoms with E-state index in [2.05, 4.69) is 59.8 Å². The fraction of sp³-hybridized carbons (Fsp3) is 0.500. The zero-order valence-electron chi connectivity index (χ0n) is 44.2. The van der Waals surface area contributed by atoms with E-state index in [-0.39, 0.29) is 74.5 Å². The number of anilines is 4. The van der Waals surface area contributed by atoms with E-state index in [1.807, 2.05) is 0 Å². The number of phosphoric acid groups is 3. The molecule has 4 saturated heterocycles. The third-order valence-electron chi connectivity index (χ3n) is 14.1. The summed E-state index contributed by atoms with van der Waals surface area (Å²) in [5.74, 6) is -0.524. The molecule has 0 spiro atoms. The van der Waals surface area contributed by atoms with Crippen molar-refractivity contribution in [1.82, 2.24) is 78.1 Å². The van der Waals surface area contributed by atoms with E-state index in [1.54, 1.807) is 0 Å². The number of hydrogen-bond donors (Lipinski definition) is 13. The topological polar surface area (TPSA) is 630 Å². The Labute approximate surface area is 488 Å². The van der Waals surface area contributed by atoms with E-state index in [0.29, 0.717) is 0 Å². The number of aromatic amines is 1. The lowest BCUT2D eigenvalue weighted by molar-refractivity contribution is -0.0623. The minimum atomic E-state index is -5.68. The van der Waals surface area contributed by atoms with Gasteiger partial charge in [-0.15, -0.1) is 9.42 Å². The lowest BCUT2D eigenvalue weighted by Crippen LogP contribution is -2.38. The Morgan fingerprint density at radius 1 is 0.534 bits per heavy atom. The number of rotatable bonds is 22. The van der Waals surface area contributed by atoms with Crippen LogP contribution in [0, 0.1) is 0 Å². The van der Waals surface area contributed by atoms with Crippen LogP contribution < -0.4 is 28.5 Å². The van der Waals surface area contributed by atoms with Gasteiger partial charge < -0.3 is 77.0 Å². The maximum atomic E-state index is 14.2. The van der Waals surface area contributed by atoms with Crippen molar-refractivity contribution in [2.45, 2.75) is 98.5 Å². The molecule has 0 aliphatic carbocycles. The molecular weight excluding hydrogens is 1270 g/mol. The summed E-state index contributed by atoms with van der Waals surface area (Å²) in [5.41, 5.74) is 22.8. The molecule has 12 rings (SSSR count). The van der Waals surface area contributed by atoms with Crippen LogP contribution in [0.15, 0.2) is 49.1 Å². The van der Waals surface area contributed by atoms with Gasteiger partial charge in [0, 0.05) is 11.0 Å². The molecule has 472 valence electrons. The Morgan fingerprint density at radius 3 is 1.32 bits per heavy atom. The first-order valence-corrected chi connectivity index (χ1v) is 31.1. The van der Waals surface area contributed by atoms with Crippen molar-refractivity contribution in [3.63, 3.8) is 0 Å². The molecule has 17 N–H and O–H groups in total. The van der Waals surface area contributed by atoms with Crippen molar-refractivity contribution in [2.75, 3.05) is 49.4 Å². The SMILES string of the molecule is Nc1nc2c(ncn2[C@@H]2O[C@H](COP(=O)(O)O[C@H]3[C@@H](O)[C@H](n4cnc5c(N)ncnc54)O[C@@H]3COP(=O)(O)O[C@H]3[C@@H](O)[C@H](n4cnc5c(N)ncnc54)O[C@@H]3COP(=O)(O)O[C@H]3[C@@H](O)[C@H](n4cnc5c(N)ncnc54)O[C@@H]3CO[P+](=O)O)C[C@H]2O)c(=O)[nH]1. The minimum absolute atomic E-state index is 0.00763. The first kappa shape index (κ1) is 61.5. The van der Waals surface area contributed by atoms with E-state index >= 15 is 0 Å². The van der Waals surface area contributed by atoms with E-state index < -0.39 is 156 Å². The third-order valence-corrected chi connectivity index (χ3v) is 17.5. The van der Waals surface area contributed by atoms with Crippen molar-refractivity contribution >= 4 is 99.8 Å². The second-order valence-corrected chi connectivity index (χ2v) is 24.6. The van der Waals surface area contributed by atoms with Gasteiger partial charge >= 0.3 is 31.7 Å². The molecule has 19 atom stereocenters. The highest BCUT2D eigenvalue weighted by Crippen LogP contribution is 2.54. The van der Waals surface area contributed by atoms with Crippen LogP contribution in [0.4, 0.5) is 23.4 Å². The van der Waals surface area contributed by atoms with Crippen molar-refractivity contribution in [3.05, 3.63) is 54.6 Å². The Hall–Kier alpha value is -6.77. The molecule has 48 heteroatoms. The summed E-state index contributed by atoms with van der Waals surface area (Å²) in [6.07, 6.45) is -18.4. The Bertz CT molecular complexity index is 4160. The van der Waals surface area contributed by atoms with Crippen LogP contribution >= 0.6 is 31.7 Å². The molecule has 4 unspecified atom stereocenters. The molecule has 0 amide bonds. The number of nitrogens with one attached hydrogen (secondary N) is 1. The van der Waals surface area contributed by atoms with E-state index in [4.69, 9.17) is 73.5 Å². The monoisotopic (exact) mass is 1320 g/mol. The van der Waals surface area contributed by atoms with E-state index in [9.17, 15) is 63.1 Å². The summed E-state index contributed by atoms with van der Waals surface area (Å²) < 4.78 is 119. The smallest absolute Gasteiger partial charge is 0.388 e. The molecule has 8 aromatic rings. The summed E-state index contributed by atoms with van der Waals surface area (Å²) >= 11 is 0. The van der Waals surface area contributed by atoms with Gasteiger partial charge in [-0.2, -0.15) is 4.98 Å². The zero-order chi connectivity index (χ0) is 62.3. The van der Waals surface area contributed by atoms with Gasteiger partial charge in [0.2, 0.25) is 5.95 Å². The van der Waals surface area contributed by atoms with Gasteiger partial charge in [-0.25, -0.2) is 63.5 Å². The predicted molar refractivity (Wildman–Crippen MR) is 284 cm³/mol. The molecule has 4 fully saturated rings. The molecule has 0 saturated carbocycles. The highest BCUT2D eigenvalue weighted by atomic mass is 31.2. The summed E-state index contributed by atoms with van der Waals surface area (Å²) in [4.78, 5) is 102. The summed E-state index contributed by atoms with van der Waals surface area (Å²) in [7, 11) is -19.9. The second-order valence-electron chi connectivity index (χ2n) is 19.7. The van der Waals surface area contributed by atoms with Crippen LogP contribution in [0.25, 0.3) is 44.7 Å². The molecule has 12 heterocycles. The van der Waals surface area contributed by atoms with Crippen molar-refractivity contribution in [1.29, 1.82) is 0 Å². The normalized spacial score (nSPS) is 30.6. The summed E-state index contributed by atoms with van der Waals surface area (Å²) in [5, 5.41) is 46.2. The number of aromatic nitrogens is 16. The quantitative estimate of drug-likeness (QED) is 0.0294. The van der Waals surface area contributed by atoms with Gasteiger partial charge in [0.1, 0.15) is 103 Å². The van der Waals surface area contributed by atoms with Gasteiger partial charge in [0.25, 0.3) is 5.56 Å². The average Bonchev–Trinajstić information content (AvgIpc) is 3.06. The number of nitrogens with zero attached hydrogens (tertiary/aromatic N) is 15. The van der Waals surface area contributed by atoms with Crippen LogP contribution in [-0.4, -0.2) is 212 Å². The fourth-order valence-corrected chi connectivity index (χ4v) is 13.4. The van der Waals surface area contributed by atoms with Crippen molar-refractivity contribution in [3.8, 4) is 0 Å². The molecule has 8 aromatic heterocycles. The second kappa shape index (κ2) is 23.9. The van der Waals surface area contributed by atoms with Crippen LogP contribution in [-0.2, 0) is 68.9 Å². The molecule has 0 aromatic carbocycles. The first-order valence-electron chi connectivity index (χ1n) is 25.5. The van der Waals surface area contributed by atoms with Gasteiger partial charge in [-0.3, -0.25) is 55.2 Å². The minimum Gasteiger partial charge on any atom is -0.388 e. The molecule has 0 radical (unpaired) electrons. The Kier molecular flexibility index (Phi) is 16.7. The van der Waals surface area contributed by atoms with Crippen LogP contribution in [0.2, 0.25) is 0 Å². The number of ether oxygens (including phenoxy) is 4. The van der Waals surface area contributed by atoms with Gasteiger partial charge in [-0.05, 0) is 0 Å². The molecule has 88 heavy (non-hydrogen) atoms. The number of nitrogen functional groups attached to an aromatic ring is 4. The number of aliphatic hydroxyl groups is 4. The van der Waals surface area contributed by atoms with Gasteiger partial charge in [0.05, 0.1) is 51.2 Å². The van der Waals surface area contributed by atoms with Crippen LogP contribution in [0.5, 0.6) is 0 Å². The zero-order valence-corrected chi connectivity index (χ0v) is 47.7. The Balaban J connectivity index is 0.767. The van der Waals surface area contributed by atoms with Crippen LogP contribution in [0.3, 0.4) is 0 Å². The first-order chi connectivity index (χ1) is 41.8. The highest BCUT2D eigenvalue weighted by Gasteiger charge is 2.55. The van der Waals surface area contributed by atoms with Gasteiger partial charge in [-0.1, -0.05) is 0 Å². The molecule has 4 aliphatic heterocycles. The van der Waals surface area contributed by atoms with Crippen molar-refractivity contribution < 1.29 is 109 Å². The highest BCUT2D eigenvalue weighted by molar-refractivity contribution is 7.48. The summed E-state index contributed by atoms with van der Waals surface area (Å²) in [6, 6.07) is 0. The number of imidazole rings is 4. The fourth-order valence-electron chi connectivity index (χ4n) is 10.2. The standard InChI is InChI=1S/C40H48N20O24P4/c41-28-18-31(48-6-45-28)57(9-51-18)37-22(62)25(15(79-37)3-74-85(66)67)82-87(70,71)76-5-17-27(24(64)39(81-17)59-11-53-20-30(43)47-8-50-33(20)59)84-88(72,73)77-4-16-26(23(63)38(80-16)58-10-52-19-29(42)46-7-49-32(19)58)83-86(68,69)75-2-13-1-14(61)36(78-13)60-12-54-21-34(60)55-40(44)56-35(21)65/h6-17,22-27,36-39,61-64H,1-5H2,(H12-,41,42,43,44,45,46,47,48,49,50,55,56,65,66,67,68,69,70,71,72,73)/p+1/t13-,14+,15+,16+,17+,22+,23+,24+,25+,26+,27+,36+,37+,38+,39+/m0/s1. The maximum absolute atomic E-state index is 14.2. The number of nitrogens with two attached hydrogens (primary N) is 4. The largest absolute Gasteiger partial charge is 0.694 e.